The van der Waals surface area contributed by atoms with E-state index in [9.17, 15) is 13.2 Å². The molecule has 0 fully saturated rings. The number of nitrogens with one attached hydrogen (secondary N) is 2. The molecular weight excluding hydrogens is 277 g/mol. The Kier molecular flexibility index (Phi) is 3.49. The number of rotatable bonds is 1. The summed E-state index contributed by atoms with van der Waals surface area (Å²) < 4.78 is 38.3. The second kappa shape index (κ2) is 5.31. The predicted octanol–water partition coefficient (Wildman–Crippen LogP) is 4.33. The highest BCUT2D eigenvalue weighted by molar-refractivity contribution is 5.71. The van der Waals surface area contributed by atoms with Crippen LogP contribution in [0.1, 0.15) is 17.0 Å². The first-order valence-corrected chi connectivity index (χ1v) is 6.78. The number of benzene rings is 2. The molecule has 2 nitrogen and oxygen atoms in total. The molecule has 0 saturated carbocycles. The Labute approximate surface area is 121 Å². The molecule has 1 atom stereocenters. The second-order valence-electron chi connectivity index (χ2n) is 5.13. The van der Waals surface area contributed by atoms with Gasteiger partial charge in [-0.2, -0.15) is 13.2 Å². The van der Waals surface area contributed by atoms with Gasteiger partial charge in [-0.25, -0.2) is 0 Å². The summed E-state index contributed by atoms with van der Waals surface area (Å²) in [6, 6.07) is 13.7. The molecule has 110 valence electrons. The first-order chi connectivity index (χ1) is 10.0. The molecule has 2 aromatic rings. The average Bonchev–Trinajstić information content (AvgIpc) is 2.69. The predicted molar refractivity (Wildman–Crippen MR) is 77.6 cm³/mol. The minimum Gasteiger partial charge on any atom is -0.383 e. The zero-order chi connectivity index (χ0) is 14.9. The highest BCUT2D eigenvalue weighted by Crippen LogP contribution is 2.35. The van der Waals surface area contributed by atoms with E-state index >= 15 is 0 Å². The molecule has 0 radical (unpaired) electrons. The Hall–Kier alpha value is -2.17. The van der Waals surface area contributed by atoms with Gasteiger partial charge >= 0.3 is 6.18 Å². The van der Waals surface area contributed by atoms with Crippen LogP contribution in [-0.4, -0.2) is 13.1 Å². The van der Waals surface area contributed by atoms with Gasteiger partial charge in [0.2, 0.25) is 0 Å². The van der Waals surface area contributed by atoms with Crippen LogP contribution in [0.4, 0.5) is 24.5 Å². The molecule has 1 unspecified atom stereocenters. The molecule has 1 aliphatic rings. The molecule has 5 heteroatoms. The molecule has 1 heterocycles. The van der Waals surface area contributed by atoms with E-state index in [4.69, 9.17) is 0 Å². The molecule has 0 aromatic heterocycles. The van der Waals surface area contributed by atoms with Crippen molar-refractivity contribution in [2.45, 2.75) is 12.1 Å². The standard InChI is InChI=1S/C16H15F3N2/c17-16(18,19)13-6-7-14-15(8-13)21-10-12(9-20-14)11-4-2-1-3-5-11/h1-8,12,20-21H,9-10H2. The largest absolute Gasteiger partial charge is 0.416 e. The monoisotopic (exact) mass is 292 g/mol. The third kappa shape index (κ3) is 2.96. The Morgan fingerprint density at radius 3 is 2.19 bits per heavy atom. The molecule has 21 heavy (non-hydrogen) atoms. The van der Waals surface area contributed by atoms with Gasteiger partial charge in [0.05, 0.1) is 16.9 Å². The summed E-state index contributed by atoms with van der Waals surface area (Å²) in [5.41, 5.74) is 1.75. The Balaban J connectivity index is 1.83. The van der Waals surface area contributed by atoms with Crippen LogP contribution in [-0.2, 0) is 6.18 Å². The Morgan fingerprint density at radius 1 is 0.857 bits per heavy atom. The lowest BCUT2D eigenvalue weighted by atomic mass is 9.99. The molecule has 0 saturated heterocycles. The van der Waals surface area contributed by atoms with Crippen LogP contribution in [0.5, 0.6) is 0 Å². The van der Waals surface area contributed by atoms with Gasteiger partial charge < -0.3 is 10.6 Å². The summed E-state index contributed by atoms with van der Waals surface area (Å²) in [5.74, 6) is 0.216. The number of alkyl halides is 3. The van der Waals surface area contributed by atoms with E-state index in [0.29, 0.717) is 24.5 Å². The molecule has 1 aliphatic heterocycles. The number of hydrogen-bond acceptors (Lipinski definition) is 2. The lowest BCUT2D eigenvalue weighted by Gasteiger charge is -2.14. The van der Waals surface area contributed by atoms with Crippen LogP contribution < -0.4 is 10.6 Å². The lowest BCUT2D eigenvalue weighted by Crippen LogP contribution is -2.16. The Morgan fingerprint density at radius 2 is 1.52 bits per heavy atom. The SMILES string of the molecule is FC(F)(F)c1ccc2c(c1)NCC(c1ccccc1)CN2. The van der Waals surface area contributed by atoms with Crippen LogP contribution in [0.15, 0.2) is 48.5 Å². The van der Waals surface area contributed by atoms with Crippen LogP contribution in [0.2, 0.25) is 0 Å². The molecule has 0 spiro atoms. The van der Waals surface area contributed by atoms with E-state index in [1.165, 1.54) is 11.6 Å². The topological polar surface area (TPSA) is 24.1 Å². The third-order valence-corrected chi connectivity index (χ3v) is 3.70. The van der Waals surface area contributed by atoms with Crippen molar-refractivity contribution in [2.24, 2.45) is 0 Å². The van der Waals surface area contributed by atoms with Crippen molar-refractivity contribution in [3.63, 3.8) is 0 Å². The lowest BCUT2D eigenvalue weighted by molar-refractivity contribution is -0.137. The number of anilines is 2. The maximum Gasteiger partial charge on any atom is 0.416 e. The van der Waals surface area contributed by atoms with Crippen LogP contribution in [0.25, 0.3) is 0 Å². The summed E-state index contributed by atoms with van der Waals surface area (Å²) >= 11 is 0. The minimum atomic E-state index is -4.32. The van der Waals surface area contributed by atoms with Crippen molar-refractivity contribution in [3.05, 3.63) is 59.7 Å². The van der Waals surface area contributed by atoms with Gasteiger partial charge in [-0.1, -0.05) is 30.3 Å². The summed E-state index contributed by atoms with van der Waals surface area (Å²) in [5, 5.41) is 6.35. The highest BCUT2D eigenvalue weighted by Gasteiger charge is 2.31. The van der Waals surface area contributed by atoms with Crippen molar-refractivity contribution in [3.8, 4) is 0 Å². The normalized spacial score (nSPS) is 18.1. The van der Waals surface area contributed by atoms with Gasteiger partial charge in [0.15, 0.2) is 0 Å². The molecule has 0 amide bonds. The summed E-state index contributed by atoms with van der Waals surface area (Å²) in [6.45, 7) is 1.29. The number of fused-ring (bicyclic) bond motifs is 1. The van der Waals surface area contributed by atoms with E-state index in [-0.39, 0.29) is 5.92 Å². The fraction of sp³-hybridized carbons (Fsp3) is 0.250. The minimum absolute atomic E-state index is 0.216. The van der Waals surface area contributed by atoms with Crippen LogP contribution in [0, 0.1) is 0 Å². The zero-order valence-electron chi connectivity index (χ0n) is 11.2. The van der Waals surface area contributed by atoms with Crippen molar-refractivity contribution < 1.29 is 13.2 Å². The van der Waals surface area contributed by atoms with E-state index in [1.54, 1.807) is 0 Å². The van der Waals surface area contributed by atoms with E-state index in [0.717, 1.165) is 12.1 Å². The van der Waals surface area contributed by atoms with E-state index < -0.39 is 11.7 Å². The van der Waals surface area contributed by atoms with Crippen molar-refractivity contribution in [1.29, 1.82) is 0 Å². The van der Waals surface area contributed by atoms with Gasteiger partial charge in [0.1, 0.15) is 0 Å². The summed E-state index contributed by atoms with van der Waals surface area (Å²) in [7, 11) is 0. The summed E-state index contributed by atoms with van der Waals surface area (Å²) in [6.07, 6.45) is -4.32. The number of halogens is 3. The molecule has 3 rings (SSSR count). The van der Waals surface area contributed by atoms with Gasteiger partial charge in [0.25, 0.3) is 0 Å². The van der Waals surface area contributed by atoms with Crippen LogP contribution >= 0.6 is 0 Å². The highest BCUT2D eigenvalue weighted by atomic mass is 19.4. The molecule has 0 aliphatic carbocycles. The molecule has 2 aromatic carbocycles. The van der Waals surface area contributed by atoms with Gasteiger partial charge in [-0.3, -0.25) is 0 Å². The Bertz CT molecular complexity index is 623. The van der Waals surface area contributed by atoms with Crippen molar-refractivity contribution in [1.82, 2.24) is 0 Å². The third-order valence-electron chi connectivity index (χ3n) is 3.70. The van der Waals surface area contributed by atoms with E-state index in [1.807, 2.05) is 30.3 Å². The van der Waals surface area contributed by atoms with Crippen molar-refractivity contribution in [2.75, 3.05) is 23.7 Å². The van der Waals surface area contributed by atoms with Gasteiger partial charge in [0, 0.05) is 19.0 Å². The second-order valence-corrected chi connectivity index (χ2v) is 5.13. The average molecular weight is 292 g/mol. The molecule has 0 bridgehead atoms. The van der Waals surface area contributed by atoms with Crippen molar-refractivity contribution >= 4 is 11.4 Å². The molecule has 2 N–H and O–H groups in total. The van der Waals surface area contributed by atoms with E-state index in [2.05, 4.69) is 10.6 Å². The molecular formula is C16H15F3N2. The quantitative estimate of drug-likeness (QED) is 0.817. The fourth-order valence-corrected chi connectivity index (χ4v) is 2.52. The van der Waals surface area contributed by atoms with Crippen LogP contribution in [0.3, 0.4) is 0 Å². The maximum atomic E-state index is 12.8. The first-order valence-electron chi connectivity index (χ1n) is 6.78. The maximum absolute atomic E-state index is 12.8. The fourth-order valence-electron chi connectivity index (χ4n) is 2.52. The first kappa shape index (κ1) is 13.8. The number of hydrogen-bond donors (Lipinski definition) is 2. The van der Waals surface area contributed by atoms with Gasteiger partial charge in [-0.05, 0) is 23.8 Å². The summed E-state index contributed by atoms with van der Waals surface area (Å²) in [4.78, 5) is 0. The van der Waals surface area contributed by atoms with Gasteiger partial charge in [-0.15, -0.1) is 0 Å². The smallest absolute Gasteiger partial charge is 0.383 e. The zero-order valence-corrected chi connectivity index (χ0v) is 11.2.